The Balaban J connectivity index is 4.94. The Labute approximate surface area is 540 Å². The van der Waals surface area contributed by atoms with Crippen molar-refractivity contribution >= 4 is 19.7 Å². The van der Waals surface area contributed by atoms with Crippen molar-refractivity contribution in [2.75, 3.05) is 40.9 Å². The number of amides is 1. The molecule has 0 heterocycles. The number of esters is 1. The number of phosphoric ester groups is 1. The van der Waals surface area contributed by atoms with E-state index in [1.165, 1.54) is 244 Å². The second kappa shape index (κ2) is 66.4. The average Bonchev–Trinajstić information content (AvgIpc) is 3.70. The topological polar surface area (TPSA) is 111 Å². The molecule has 3 unspecified atom stereocenters. The fraction of sp³-hybridized carbons (Fsp3) is 0.818. The van der Waals surface area contributed by atoms with Gasteiger partial charge in [0.1, 0.15) is 19.3 Å². The SMILES string of the molecule is CCCCC/C=C\C/C=C\C/C=C\CCCCCCCCCCCCC(=O)OC(/C=C\CCCCCCCCCCC)C(COP(=O)(O)OCC[N+](C)(C)C)NC(=O)CCCCCCCCCCCCCCCCCCC/C=C\C/C=C\CCCCC. The summed E-state index contributed by atoms with van der Waals surface area (Å²) in [4.78, 5) is 37.9. The molecule has 10 heteroatoms. The number of hydrogen-bond donors (Lipinski definition) is 2. The minimum absolute atomic E-state index is 0.0392. The van der Waals surface area contributed by atoms with E-state index < -0.39 is 20.0 Å². The van der Waals surface area contributed by atoms with E-state index in [0.717, 1.165) is 77.0 Å². The van der Waals surface area contributed by atoms with Gasteiger partial charge in [0.05, 0.1) is 33.8 Å². The smallest absolute Gasteiger partial charge is 0.456 e. The lowest BCUT2D eigenvalue weighted by Gasteiger charge is -2.27. The fourth-order valence-electron chi connectivity index (χ4n) is 10.9. The number of unbranched alkanes of at least 4 members (excludes halogenated alkanes) is 42. The molecule has 2 N–H and O–H groups in total. The number of quaternary nitrogens is 1. The number of hydrogen-bond acceptors (Lipinski definition) is 6. The van der Waals surface area contributed by atoms with Gasteiger partial charge in [0.25, 0.3) is 0 Å². The van der Waals surface area contributed by atoms with E-state index in [2.05, 4.69) is 86.8 Å². The van der Waals surface area contributed by atoms with Crippen LogP contribution < -0.4 is 5.32 Å². The van der Waals surface area contributed by atoms with Crippen LogP contribution in [0.5, 0.6) is 0 Å². The van der Waals surface area contributed by atoms with Crippen molar-refractivity contribution in [3.8, 4) is 0 Å². The lowest BCUT2D eigenvalue weighted by molar-refractivity contribution is -0.870. The number of carbonyl (C=O) groups is 2. The Hall–Kier alpha value is -2.55. The summed E-state index contributed by atoms with van der Waals surface area (Å²) in [5, 5.41) is 3.08. The van der Waals surface area contributed by atoms with Crippen LogP contribution in [0.3, 0.4) is 0 Å². The summed E-state index contributed by atoms with van der Waals surface area (Å²) in [5.41, 5.74) is 0. The van der Waals surface area contributed by atoms with E-state index in [1.807, 2.05) is 33.3 Å². The summed E-state index contributed by atoms with van der Waals surface area (Å²) < 4.78 is 30.8. The Morgan fingerprint density at radius 1 is 0.402 bits per heavy atom. The van der Waals surface area contributed by atoms with Gasteiger partial charge in [0.2, 0.25) is 5.91 Å². The monoisotopic (exact) mass is 1240 g/mol. The van der Waals surface area contributed by atoms with Crippen molar-refractivity contribution < 1.29 is 37.3 Å². The zero-order chi connectivity index (χ0) is 63.5. The van der Waals surface area contributed by atoms with E-state index >= 15 is 0 Å². The molecule has 3 atom stereocenters. The second-order valence-electron chi connectivity index (χ2n) is 26.5. The van der Waals surface area contributed by atoms with Crippen molar-refractivity contribution in [2.45, 2.75) is 367 Å². The molecule has 0 rings (SSSR count). The minimum atomic E-state index is -4.46. The van der Waals surface area contributed by atoms with Crippen LogP contribution in [0.25, 0.3) is 0 Å². The number of rotatable bonds is 68. The molecule has 0 aromatic carbocycles. The van der Waals surface area contributed by atoms with Gasteiger partial charge < -0.3 is 19.4 Å². The van der Waals surface area contributed by atoms with Gasteiger partial charge in [-0.05, 0) is 102 Å². The van der Waals surface area contributed by atoms with Gasteiger partial charge in [0, 0.05) is 12.8 Å². The largest absolute Gasteiger partial charge is 0.472 e. The highest BCUT2D eigenvalue weighted by Crippen LogP contribution is 2.43. The molecule has 0 aliphatic carbocycles. The van der Waals surface area contributed by atoms with Gasteiger partial charge in [0.15, 0.2) is 0 Å². The summed E-state index contributed by atoms with van der Waals surface area (Å²) in [7, 11) is 1.50. The molecule has 0 aromatic heterocycles. The molecule has 0 fully saturated rings. The summed E-state index contributed by atoms with van der Waals surface area (Å²) in [6.45, 7) is 7.00. The van der Waals surface area contributed by atoms with Crippen LogP contribution in [0.1, 0.15) is 355 Å². The first kappa shape index (κ1) is 84.5. The molecular weight excluding hydrogens is 1100 g/mol. The molecule has 9 nitrogen and oxygen atoms in total. The van der Waals surface area contributed by atoms with Crippen LogP contribution in [0.15, 0.2) is 72.9 Å². The summed E-state index contributed by atoms with van der Waals surface area (Å²) in [6.07, 6.45) is 87.8. The third-order valence-corrected chi connectivity index (χ3v) is 17.6. The van der Waals surface area contributed by atoms with E-state index in [-0.39, 0.29) is 31.5 Å². The maximum atomic E-state index is 13.6. The molecule has 0 aliphatic rings. The molecule has 0 saturated carbocycles. The van der Waals surface area contributed by atoms with Crippen LogP contribution in [0, 0.1) is 0 Å². The van der Waals surface area contributed by atoms with E-state index in [1.54, 1.807) is 0 Å². The van der Waals surface area contributed by atoms with E-state index in [9.17, 15) is 19.0 Å². The number of allylic oxidation sites excluding steroid dienone is 11. The zero-order valence-electron chi connectivity index (χ0n) is 58.3. The molecule has 0 bridgehead atoms. The number of nitrogens with zero attached hydrogens (tertiary/aromatic N) is 1. The van der Waals surface area contributed by atoms with Crippen LogP contribution >= 0.6 is 7.82 Å². The molecule has 0 saturated heterocycles. The third-order valence-electron chi connectivity index (χ3n) is 16.6. The predicted molar refractivity (Wildman–Crippen MR) is 378 cm³/mol. The molecular formula is C77H144N2O7P+. The number of phosphoric acid groups is 1. The Bertz CT molecular complexity index is 1720. The average molecular weight is 1240 g/mol. The van der Waals surface area contributed by atoms with Crippen molar-refractivity contribution in [3.63, 3.8) is 0 Å². The van der Waals surface area contributed by atoms with Crippen molar-refractivity contribution in [3.05, 3.63) is 72.9 Å². The first-order chi connectivity index (χ1) is 42.4. The number of nitrogens with one attached hydrogen (secondary N) is 1. The standard InChI is InChI=1S/C77H143N2O7P/c1-7-10-13-16-19-22-25-27-29-31-33-35-37-38-39-40-42-43-45-47-49-51-54-57-60-63-66-69-76(80)78-74(73-85-87(82,83)84-72-71-79(4,5)6)75(68-65-62-59-56-53-24-21-18-15-12-9-3)86-77(81)70-67-64-61-58-55-52-50-48-46-44-41-36-34-32-30-28-26-23-20-17-14-11-8-2/h19-20,22-23,27-30,34,36,65,68,74-75H,7-18,21,24-26,31-33,35,37-64,66-67,69-73H2,1-6H3,(H-,78,80,82,83)/p+1/b22-19-,23-20-,29-27-,30-28-,36-34-,68-65-. The highest BCUT2D eigenvalue weighted by molar-refractivity contribution is 7.47. The Morgan fingerprint density at radius 3 is 1.07 bits per heavy atom. The fourth-order valence-corrected chi connectivity index (χ4v) is 11.6. The van der Waals surface area contributed by atoms with Crippen molar-refractivity contribution in [1.29, 1.82) is 0 Å². The van der Waals surface area contributed by atoms with Gasteiger partial charge in [-0.3, -0.25) is 18.6 Å². The Morgan fingerprint density at radius 2 is 0.701 bits per heavy atom. The van der Waals surface area contributed by atoms with Gasteiger partial charge in [-0.1, -0.05) is 312 Å². The van der Waals surface area contributed by atoms with E-state index in [0.29, 0.717) is 17.4 Å². The van der Waals surface area contributed by atoms with Crippen LogP contribution in [-0.2, 0) is 27.9 Å². The molecule has 0 radical (unpaired) electrons. The number of carbonyl (C=O) groups excluding carboxylic acids is 2. The van der Waals surface area contributed by atoms with Gasteiger partial charge in [-0.2, -0.15) is 0 Å². The summed E-state index contributed by atoms with van der Waals surface area (Å²) >= 11 is 0. The lowest BCUT2D eigenvalue weighted by Crippen LogP contribution is -2.47. The first-order valence-electron chi connectivity index (χ1n) is 37.3. The zero-order valence-corrected chi connectivity index (χ0v) is 59.2. The lowest BCUT2D eigenvalue weighted by atomic mass is 10.0. The van der Waals surface area contributed by atoms with Crippen molar-refractivity contribution in [1.82, 2.24) is 5.32 Å². The first-order valence-corrected chi connectivity index (χ1v) is 38.8. The minimum Gasteiger partial charge on any atom is -0.456 e. The van der Waals surface area contributed by atoms with Gasteiger partial charge >= 0.3 is 13.8 Å². The van der Waals surface area contributed by atoms with Crippen LogP contribution in [0.4, 0.5) is 0 Å². The van der Waals surface area contributed by atoms with Crippen LogP contribution in [0.2, 0.25) is 0 Å². The third kappa shape index (κ3) is 67.7. The molecule has 1 amide bonds. The molecule has 508 valence electrons. The van der Waals surface area contributed by atoms with Gasteiger partial charge in [-0.25, -0.2) is 4.57 Å². The number of likely N-dealkylation sites (N-methyl/N-ethyl adjacent to an activating group) is 1. The summed E-state index contributed by atoms with van der Waals surface area (Å²) in [6, 6.07) is -0.852. The Kier molecular flexibility index (Phi) is 64.4. The second-order valence-corrected chi connectivity index (χ2v) is 27.9. The highest BCUT2D eigenvalue weighted by Gasteiger charge is 2.30. The predicted octanol–water partition coefficient (Wildman–Crippen LogP) is 23.9. The molecule has 0 spiro atoms. The molecule has 87 heavy (non-hydrogen) atoms. The molecule has 0 aliphatic heterocycles. The molecule has 0 aromatic rings. The normalized spacial score (nSPS) is 13.9. The number of ether oxygens (including phenoxy) is 1. The van der Waals surface area contributed by atoms with E-state index in [4.69, 9.17) is 13.8 Å². The van der Waals surface area contributed by atoms with Crippen LogP contribution in [-0.4, -0.2) is 74.3 Å². The van der Waals surface area contributed by atoms with Gasteiger partial charge in [-0.15, -0.1) is 0 Å². The van der Waals surface area contributed by atoms with Crippen molar-refractivity contribution in [2.24, 2.45) is 0 Å². The maximum Gasteiger partial charge on any atom is 0.472 e. The summed E-state index contributed by atoms with van der Waals surface area (Å²) in [5.74, 6) is -0.498. The maximum absolute atomic E-state index is 13.6. The highest BCUT2D eigenvalue weighted by atomic mass is 31.2. The quantitative estimate of drug-likeness (QED) is 0.0205.